The third-order valence-corrected chi connectivity index (χ3v) is 5.85. The van der Waals surface area contributed by atoms with Crippen LogP contribution >= 0.6 is 0 Å². The third kappa shape index (κ3) is 6.65. The molecule has 29 heavy (non-hydrogen) atoms. The Hall–Kier alpha value is -2.78. The number of phenolic OH excluding ortho intramolecular Hbond substituents is 3. The summed E-state index contributed by atoms with van der Waals surface area (Å²) >= 11 is 0. The molecule has 0 aliphatic heterocycles. The Morgan fingerprint density at radius 2 is 1.59 bits per heavy atom. The van der Waals surface area contributed by atoms with E-state index in [1.54, 1.807) is 12.1 Å². The number of carbonyl (C=O) groups is 1. The molecule has 8 nitrogen and oxygen atoms in total. The summed E-state index contributed by atoms with van der Waals surface area (Å²) in [6.45, 7) is 0. The highest BCUT2D eigenvalue weighted by atomic mass is 32.2. The second-order valence-electron chi connectivity index (χ2n) is 6.75. The lowest BCUT2D eigenvalue weighted by Crippen LogP contribution is -2.25. The van der Waals surface area contributed by atoms with Crippen molar-refractivity contribution >= 4 is 15.9 Å². The van der Waals surface area contributed by atoms with E-state index < -0.39 is 15.4 Å². The summed E-state index contributed by atoms with van der Waals surface area (Å²) in [6, 6.07) is 8.80. The van der Waals surface area contributed by atoms with Crippen LogP contribution in [0.2, 0.25) is 0 Å². The van der Waals surface area contributed by atoms with Gasteiger partial charge in [-0.2, -0.15) is 8.42 Å². The molecule has 0 fully saturated rings. The van der Waals surface area contributed by atoms with E-state index in [2.05, 4.69) is 0 Å². The van der Waals surface area contributed by atoms with Crippen molar-refractivity contribution in [1.82, 2.24) is 0 Å². The summed E-state index contributed by atoms with van der Waals surface area (Å²) in [7, 11) is -3.02. The van der Waals surface area contributed by atoms with Crippen molar-refractivity contribution in [2.45, 2.75) is 37.4 Å². The van der Waals surface area contributed by atoms with Gasteiger partial charge < -0.3 is 20.1 Å². The van der Waals surface area contributed by atoms with Gasteiger partial charge in [0.05, 0.1) is 12.4 Å². The fraction of sp³-hybridized carbons (Fsp3) is 0.350. The number of Topliss-reactive ketones (excluding diaryl/α,β-unsaturated/α-hetero) is 1. The molecule has 0 radical (unpaired) electrons. The summed E-state index contributed by atoms with van der Waals surface area (Å²) in [4.78, 5) is 12.3. The van der Waals surface area contributed by atoms with Crippen molar-refractivity contribution in [3.05, 3.63) is 47.5 Å². The normalized spacial score (nSPS) is 12.5. The number of carbonyl (C=O) groups excluding carboxylic acids is 1. The number of aromatic hydroxyl groups is 3. The number of aryl methyl sites for hydroxylation is 2. The van der Waals surface area contributed by atoms with Gasteiger partial charge >= 0.3 is 0 Å². The predicted molar refractivity (Wildman–Crippen MR) is 106 cm³/mol. The van der Waals surface area contributed by atoms with Gasteiger partial charge in [-0.3, -0.25) is 9.35 Å². The lowest BCUT2D eigenvalue weighted by molar-refractivity contribution is -0.119. The molecule has 0 saturated heterocycles. The fourth-order valence-electron chi connectivity index (χ4n) is 2.93. The number of hydrogen-bond acceptors (Lipinski definition) is 7. The standard InChI is InChI=1S/C20H24O8S/c1-28-20-11-14(5-9-18(20)23)2-6-15(21)12-16(29(25,26)27)7-3-13-4-8-17(22)19(24)10-13/h4-5,8-11,16,22-24H,2-3,6-7,12H2,1H3,(H,25,26,27)/t16-/m1/s1. The lowest BCUT2D eigenvalue weighted by Gasteiger charge is -2.14. The molecular weight excluding hydrogens is 400 g/mol. The molecular formula is C20H24O8S. The molecule has 0 unspecified atom stereocenters. The summed E-state index contributed by atoms with van der Waals surface area (Å²) < 4.78 is 37.8. The van der Waals surface area contributed by atoms with E-state index in [1.807, 2.05) is 0 Å². The molecule has 0 aromatic heterocycles. The van der Waals surface area contributed by atoms with Gasteiger partial charge in [-0.25, -0.2) is 0 Å². The molecule has 158 valence electrons. The van der Waals surface area contributed by atoms with Crippen LogP contribution in [-0.4, -0.2) is 46.4 Å². The van der Waals surface area contributed by atoms with Crippen molar-refractivity contribution < 1.29 is 37.8 Å². The van der Waals surface area contributed by atoms with Gasteiger partial charge in [0, 0.05) is 12.8 Å². The maximum Gasteiger partial charge on any atom is 0.268 e. The van der Waals surface area contributed by atoms with Gasteiger partial charge in [-0.15, -0.1) is 0 Å². The highest BCUT2D eigenvalue weighted by Crippen LogP contribution is 2.28. The average molecular weight is 424 g/mol. The van der Waals surface area contributed by atoms with Gasteiger partial charge in [0.1, 0.15) is 5.78 Å². The predicted octanol–water partition coefficient (Wildman–Crippen LogP) is 2.59. The number of methoxy groups -OCH3 is 1. The lowest BCUT2D eigenvalue weighted by atomic mass is 10.0. The van der Waals surface area contributed by atoms with Gasteiger partial charge in [0.25, 0.3) is 10.1 Å². The Labute approximate surface area is 169 Å². The fourth-order valence-corrected chi connectivity index (χ4v) is 3.74. The minimum atomic E-state index is -4.43. The van der Waals surface area contributed by atoms with Crippen LogP contribution in [-0.2, 0) is 27.8 Å². The number of ketones is 1. The van der Waals surface area contributed by atoms with Gasteiger partial charge in [-0.1, -0.05) is 12.1 Å². The Balaban J connectivity index is 1.96. The molecule has 9 heteroatoms. The molecule has 0 bridgehead atoms. The molecule has 2 aromatic rings. The van der Waals surface area contributed by atoms with Gasteiger partial charge in [0.15, 0.2) is 23.0 Å². The molecule has 2 rings (SSSR count). The highest BCUT2D eigenvalue weighted by molar-refractivity contribution is 7.86. The van der Waals surface area contributed by atoms with Crippen LogP contribution < -0.4 is 4.74 Å². The molecule has 0 saturated carbocycles. The second-order valence-corrected chi connectivity index (χ2v) is 8.44. The highest BCUT2D eigenvalue weighted by Gasteiger charge is 2.25. The Bertz CT molecular complexity index is 968. The number of hydrogen-bond donors (Lipinski definition) is 4. The van der Waals surface area contributed by atoms with E-state index in [4.69, 9.17) is 4.74 Å². The van der Waals surface area contributed by atoms with E-state index >= 15 is 0 Å². The van der Waals surface area contributed by atoms with Crippen LogP contribution in [0.4, 0.5) is 0 Å². The molecule has 1 atom stereocenters. The van der Waals surface area contributed by atoms with Crippen molar-refractivity contribution in [2.24, 2.45) is 0 Å². The first kappa shape index (κ1) is 22.5. The van der Waals surface area contributed by atoms with E-state index in [0.717, 1.165) is 5.56 Å². The molecule has 0 aliphatic carbocycles. The minimum Gasteiger partial charge on any atom is -0.504 e. The molecule has 4 N–H and O–H groups in total. The van der Waals surface area contributed by atoms with Crippen LogP contribution in [0.3, 0.4) is 0 Å². The van der Waals surface area contributed by atoms with Crippen LogP contribution in [0.5, 0.6) is 23.0 Å². The second kappa shape index (κ2) is 9.62. The quantitative estimate of drug-likeness (QED) is 0.337. The maximum atomic E-state index is 12.3. The number of benzene rings is 2. The Kier molecular flexibility index (Phi) is 7.46. The van der Waals surface area contributed by atoms with Crippen molar-refractivity contribution in [3.8, 4) is 23.0 Å². The van der Waals surface area contributed by atoms with Crippen LogP contribution in [0.1, 0.15) is 30.4 Å². The SMILES string of the molecule is COc1cc(CCC(=O)C[C@@H](CCc2ccc(O)c(O)c2)S(=O)(=O)O)ccc1O. The topological polar surface area (TPSA) is 141 Å². The average Bonchev–Trinajstić information content (AvgIpc) is 2.66. The van der Waals surface area contributed by atoms with E-state index in [-0.39, 0.29) is 54.5 Å². The van der Waals surface area contributed by atoms with E-state index in [0.29, 0.717) is 12.0 Å². The van der Waals surface area contributed by atoms with Gasteiger partial charge in [0.2, 0.25) is 0 Å². The summed E-state index contributed by atoms with van der Waals surface area (Å²) in [5.41, 5.74) is 1.31. The summed E-state index contributed by atoms with van der Waals surface area (Å²) in [6.07, 6.45) is 0.250. The van der Waals surface area contributed by atoms with Crippen molar-refractivity contribution in [1.29, 1.82) is 0 Å². The first-order valence-corrected chi connectivity index (χ1v) is 10.4. The van der Waals surface area contributed by atoms with E-state index in [9.17, 15) is 33.1 Å². The smallest absolute Gasteiger partial charge is 0.268 e. The van der Waals surface area contributed by atoms with Gasteiger partial charge in [-0.05, 0) is 54.7 Å². The zero-order valence-electron chi connectivity index (χ0n) is 15.9. The molecule has 2 aromatic carbocycles. The summed E-state index contributed by atoms with van der Waals surface area (Å²) in [5.74, 6) is -0.683. The maximum absolute atomic E-state index is 12.3. The number of phenols is 3. The Morgan fingerprint density at radius 1 is 0.966 bits per heavy atom. The zero-order valence-corrected chi connectivity index (χ0v) is 16.7. The molecule has 0 aliphatic rings. The largest absolute Gasteiger partial charge is 0.504 e. The number of ether oxygens (including phenoxy) is 1. The van der Waals surface area contributed by atoms with Crippen molar-refractivity contribution in [3.63, 3.8) is 0 Å². The van der Waals surface area contributed by atoms with Crippen molar-refractivity contribution in [2.75, 3.05) is 7.11 Å². The molecule has 0 amide bonds. The van der Waals surface area contributed by atoms with Crippen LogP contribution in [0.25, 0.3) is 0 Å². The Morgan fingerprint density at radius 3 is 2.17 bits per heavy atom. The molecule has 0 spiro atoms. The number of rotatable bonds is 10. The molecule has 0 heterocycles. The first-order valence-electron chi connectivity index (χ1n) is 8.95. The van der Waals surface area contributed by atoms with Crippen LogP contribution in [0, 0.1) is 0 Å². The minimum absolute atomic E-state index is 0.0121. The first-order chi connectivity index (χ1) is 13.6. The summed E-state index contributed by atoms with van der Waals surface area (Å²) in [5, 5.41) is 27.2. The monoisotopic (exact) mass is 424 g/mol. The zero-order chi connectivity index (χ0) is 21.6. The van der Waals surface area contributed by atoms with Crippen LogP contribution in [0.15, 0.2) is 36.4 Å². The van der Waals surface area contributed by atoms with E-state index in [1.165, 1.54) is 31.4 Å². The third-order valence-electron chi connectivity index (χ3n) is 4.61.